The Kier molecular flexibility index (Phi) is 4.92. The minimum absolute atomic E-state index is 0.00145. The van der Waals surface area contributed by atoms with E-state index in [4.69, 9.17) is 0 Å². The molecule has 2 amide bonds. The van der Waals surface area contributed by atoms with Crippen LogP contribution in [0.1, 0.15) is 12.0 Å². The van der Waals surface area contributed by atoms with Crippen LogP contribution in [0.15, 0.2) is 29.2 Å². The smallest absolute Gasteiger partial charge is 0.319 e. The predicted octanol–water partition coefficient (Wildman–Crippen LogP) is 2.22. The molecule has 2 aromatic heterocycles. The van der Waals surface area contributed by atoms with Gasteiger partial charge in [0.05, 0.1) is 11.9 Å². The number of halogens is 1. The SMILES string of the molecule is Cn1cc(CN2C[C@@H](F)C[C@H]2CNC(=O)Nc2ccsc2)cn1. The number of alkyl halides is 1. The van der Waals surface area contributed by atoms with Crippen molar-refractivity contribution in [2.24, 2.45) is 7.05 Å². The second-order valence-corrected chi connectivity index (χ2v) is 6.57. The summed E-state index contributed by atoms with van der Waals surface area (Å²) in [4.78, 5) is 13.9. The fraction of sp³-hybridized carbons (Fsp3) is 0.467. The lowest BCUT2D eigenvalue weighted by Crippen LogP contribution is -2.41. The van der Waals surface area contributed by atoms with Crippen molar-refractivity contribution in [3.05, 3.63) is 34.8 Å². The zero-order chi connectivity index (χ0) is 16.2. The highest BCUT2D eigenvalue weighted by Gasteiger charge is 2.32. The fourth-order valence-electron chi connectivity index (χ4n) is 2.84. The molecule has 3 heterocycles. The van der Waals surface area contributed by atoms with Gasteiger partial charge in [-0.2, -0.15) is 16.4 Å². The first-order valence-corrected chi connectivity index (χ1v) is 8.47. The van der Waals surface area contributed by atoms with E-state index in [-0.39, 0.29) is 12.1 Å². The zero-order valence-corrected chi connectivity index (χ0v) is 13.7. The Hall–Kier alpha value is -1.93. The van der Waals surface area contributed by atoms with Gasteiger partial charge >= 0.3 is 6.03 Å². The summed E-state index contributed by atoms with van der Waals surface area (Å²) in [5.41, 5.74) is 1.82. The normalized spacial score (nSPS) is 21.5. The van der Waals surface area contributed by atoms with Crippen LogP contribution in [-0.4, -0.2) is 46.0 Å². The summed E-state index contributed by atoms with van der Waals surface area (Å²) in [6.07, 6.45) is 3.32. The van der Waals surface area contributed by atoms with E-state index < -0.39 is 6.17 Å². The monoisotopic (exact) mass is 337 g/mol. The Labute approximate surface area is 138 Å². The van der Waals surface area contributed by atoms with E-state index in [2.05, 4.69) is 20.6 Å². The maximum atomic E-state index is 13.8. The number of hydrogen-bond donors (Lipinski definition) is 2. The van der Waals surface area contributed by atoms with Crippen LogP contribution in [-0.2, 0) is 13.6 Å². The molecule has 2 N–H and O–H groups in total. The number of rotatable bonds is 5. The summed E-state index contributed by atoms with van der Waals surface area (Å²) in [6, 6.07) is 1.58. The lowest BCUT2D eigenvalue weighted by Gasteiger charge is -2.23. The highest BCUT2D eigenvalue weighted by atomic mass is 32.1. The zero-order valence-electron chi connectivity index (χ0n) is 12.9. The number of carbonyl (C=O) groups is 1. The Bertz CT molecular complexity index is 644. The van der Waals surface area contributed by atoms with E-state index in [0.717, 1.165) is 11.3 Å². The number of likely N-dealkylation sites (tertiary alicyclic amines) is 1. The van der Waals surface area contributed by atoms with Crippen molar-refractivity contribution in [1.29, 1.82) is 0 Å². The van der Waals surface area contributed by atoms with Crippen LogP contribution in [0.3, 0.4) is 0 Å². The van der Waals surface area contributed by atoms with Gasteiger partial charge in [0.1, 0.15) is 6.17 Å². The van der Waals surface area contributed by atoms with Gasteiger partial charge in [-0.1, -0.05) is 0 Å². The first-order valence-electron chi connectivity index (χ1n) is 7.53. The third-order valence-corrected chi connectivity index (χ3v) is 4.58. The molecule has 3 rings (SSSR count). The molecule has 0 saturated carbocycles. The van der Waals surface area contributed by atoms with Gasteiger partial charge in [-0.05, 0) is 17.9 Å². The van der Waals surface area contributed by atoms with Gasteiger partial charge in [0.15, 0.2) is 0 Å². The van der Waals surface area contributed by atoms with Crippen molar-refractivity contribution >= 4 is 23.1 Å². The predicted molar refractivity (Wildman–Crippen MR) is 88.3 cm³/mol. The van der Waals surface area contributed by atoms with Gasteiger partial charge in [0, 0.05) is 49.9 Å². The van der Waals surface area contributed by atoms with Crippen LogP contribution in [0.25, 0.3) is 0 Å². The third-order valence-electron chi connectivity index (χ3n) is 3.90. The van der Waals surface area contributed by atoms with Gasteiger partial charge in [0.25, 0.3) is 0 Å². The van der Waals surface area contributed by atoms with Crippen molar-refractivity contribution in [1.82, 2.24) is 20.0 Å². The standard InChI is InChI=1S/C15H20FN5OS/c1-20-7-11(5-18-20)8-21-9-12(16)4-14(21)6-17-15(22)19-13-2-3-23-10-13/h2-3,5,7,10,12,14H,4,6,8-9H2,1H3,(H2,17,19,22)/t12-,14-/m0/s1. The second-order valence-electron chi connectivity index (χ2n) is 5.79. The van der Waals surface area contributed by atoms with Crippen LogP contribution >= 0.6 is 11.3 Å². The molecule has 1 fully saturated rings. The molecular formula is C15H20FN5OS. The van der Waals surface area contributed by atoms with Crippen LogP contribution in [0.2, 0.25) is 0 Å². The van der Waals surface area contributed by atoms with Gasteiger partial charge < -0.3 is 10.6 Å². The Balaban J connectivity index is 1.51. The molecule has 8 heteroatoms. The number of thiophene rings is 1. The molecule has 2 aromatic rings. The van der Waals surface area contributed by atoms with Gasteiger partial charge in [-0.15, -0.1) is 0 Å². The molecule has 0 aromatic carbocycles. The van der Waals surface area contributed by atoms with Crippen molar-refractivity contribution < 1.29 is 9.18 Å². The molecule has 0 aliphatic carbocycles. The number of aromatic nitrogens is 2. The van der Waals surface area contributed by atoms with Crippen LogP contribution in [0.5, 0.6) is 0 Å². The Morgan fingerprint density at radius 1 is 1.57 bits per heavy atom. The second kappa shape index (κ2) is 7.10. The van der Waals surface area contributed by atoms with E-state index in [1.807, 2.05) is 30.1 Å². The highest BCUT2D eigenvalue weighted by Crippen LogP contribution is 2.22. The van der Waals surface area contributed by atoms with Gasteiger partial charge in [-0.25, -0.2) is 9.18 Å². The molecule has 0 unspecified atom stereocenters. The quantitative estimate of drug-likeness (QED) is 0.879. The molecule has 1 saturated heterocycles. The van der Waals surface area contributed by atoms with Crippen LogP contribution in [0.4, 0.5) is 14.9 Å². The van der Waals surface area contributed by atoms with Crippen molar-refractivity contribution in [2.45, 2.75) is 25.2 Å². The van der Waals surface area contributed by atoms with Gasteiger partial charge in [0.2, 0.25) is 0 Å². The lowest BCUT2D eigenvalue weighted by molar-refractivity contribution is 0.224. The summed E-state index contributed by atoms with van der Waals surface area (Å²) >= 11 is 1.52. The molecule has 0 spiro atoms. The van der Waals surface area contributed by atoms with Crippen molar-refractivity contribution in [3.63, 3.8) is 0 Å². The Morgan fingerprint density at radius 3 is 3.13 bits per heavy atom. The van der Waals surface area contributed by atoms with Crippen molar-refractivity contribution in [3.8, 4) is 0 Å². The molecule has 0 radical (unpaired) electrons. The summed E-state index contributed by atoms with van der Waals surface area (Å²) < 4.78 is 15.5. The summed E-state index contributed by atoms with van der Waals surface area (Å²) in [5, 5.41) is 13.5. The van der Waals surface area contributed by atoms with Gasteiger partial charge in [-0.3, -0.25) is 9.58 Å². The number of nitrogens with zero attached hydrogens (tertiary/aromatic N) is 3. The molecule has 2 atom stereocenters. The fourth-order valence-corrected chi connectivity index (χ4v) is 3.43. The summed E-state index contributed by atoms with van der Waals surface area (Å²) in [7, 11) is 1.86. The lowest BCUT2D eigenvalue weighted by atomic mass is 10.2. The first-order chi connectivity index (χ1) is 11.1. The number of nitrogens with one attached hydrogen (secondary N) is 2. The van der Waals surface area contributed by atoms with E-state index in [1.165, 1.54) is 11.3 Å². The maximum absolute atomic E-state index is 13.8. The highest BCUT2D eigenvalue weighted by molar-refractivity contribution is 7.08. The summed E-state index contributed by atoms with van der Waals surface area (Å²) in [5.74, 6) is 0. The number of carbonyl (C=O) groups excluding carboxylic acids is 1. The molecule has 1 aliphatic rings. The average molecular weight is 337 g/mol. The summed E-state index contributed by atoms with van der Waals surface area (Å²) in [6.45, 7) is 1.47. The average Bonchev–Trinajstić information content (AvgIpc) is 3.21. The number of aryl methyl sites for hydroxylation is 1. The van der Waals surface area contributed by atoms with E-state index in [0.29, 0.717) is 26.1 Å². The topological polar surface area (TPSA) is 62.2 Å². The molecule has 1 aliphatic heterocycles. The van der Waals surface area contributed by atoms with Crippen LogP contribution < -0.4 is 10.6 Å². The molecule has 6 nitrogen and oxygen atoms in total. The molecule has 23 heavy (non-hydrogen) atoms. The molecule has 0 bridgehead atoms. The number of anilines is 1. The number of hydrogen-bond acceptors (Lipinski definition) is 4. The number of amides is 2. The minimum Gasteiger partial charge on any atom is -0.336 e. The van der Waals surface area contributed by atoms with E-state index in [9.17, 15) is 9.18 Å². The number of urea groups is 1. The minimum atomic E-state index is -0.849. The van der Waals surface area contributed by atoms with Crippen molar-refractivity contribution in [2.75, 3.05) is 18.4 Å². The third kappa shape index (κ3) is 4.29. The van der Waals surface area contributed by atoms with Crippen LogP contribution in [0, 0.1) is 0 Å². The largest absolute Gasteiger partial charge is 0.336 e. The molecule has 124 valence electrons. The first kappa shape index (κ1) is 15.9. The van der Waals surface area contributed by atoms with E-state index in [1.54, 1.807) is 10.9 Å². The molecular weight excluding hydrogens is 317 g/mol. The maximum Gasteiger partial charge on any atom is 0.319 e. The van der Waals surface area contributed by atoms with E-state index >= 15 is 0 Å². The Morgan fingerprint density at radius 2 is 2.43 bits per heavy atom.